The smallest absolute Gasteiger partial charge is 0.410 e. The van der Waals surface area contributed by atoms with Crippen LogP contribution in [0.2, 0.25) is 0 Å². The highest BCUT2D eigenvalue weighted by molar-refractivity contribution is 5.68. The van der Waals surface area contributed by atoms with Gasteiger partial charge in [-0.15, -0.1) is 0 Å². The Kier molecular flexibility index (Phi) is 7.93. The number of nitrogens with one attached hydrogen (secondary N) is 1. The summed E-state index contributed by atoms with van der Waals surface area (Å²) in [6, 6.07) is 17.4. The van der Waals surface area contributed by atoms with Crippen molar-refractivity contribution in [2.45, 2.75) is 57.4 Å². The van der Waals surface area contributed by atoms with Crippen molar-refractivity contribution in [2.75, 3.05) is 20.2 Å². The van der Waals surface area contributed by atoms with Gasteiger partial charge in [0, 0.05) is 18.6 Å². The van der Waals surface area contributed by atoms with Crippen molar-refractivity contribution in [1.29, 1.82) is 0 Å². The summed E-state index contributed by atoms with van der Waals surface area (Å²) < 4.78 is 10.7. The van der Waals surface area contributed by atoms with Gasteiger partial charge in [-0.25, -0.2) is 4.79 Å². The van der Waals surface area contributed by atoms with Gasteiger partial charge in [0.1, 0.15) is 12.4 Å². The van der Waals surface area contributed by atoms with E-state index in [1.54, 1.807) is 12.0 Å². The normalized spacial score (nSPS) is 17.4. The number of hydrogen-bond acceptors (Lipinski definition) is 5. The molecule has 2 unspecified atom stereocenters. The Morgan fingerprint density at radius 1 is 1.16 bits per heavy atom. The number of likely N-dealkylation sites (tertiary alicyclic amines) is 1. The van der Waals surface area contributed by atoms with E-state index in [9.17, 15) is 9.90 Å². The maximum Gasteiger partial charge on any atom is 0.410 e. The first-order chi connectivity index (χ1) is 14.9. The fourth-order valence-electron chi connectivity index (χ4n) is 4.05. The number of benzene rings is 2. The molecule has 0 spiro atoms. The number of carbonyl (C=O) groups excluding carboxylic acids is 1. The van der Waals surface area contributed by atoms with E-state index in [0.29, 0.717) is 13.1 Å². The molecule has 31 heavy (non-hydrogen) atoms. The standard InChI is InChI=1S/C25H34N2O4/c1-25(2,16-19-11-13-21(30-3)14-12-19)26-17-23(28)22-10-7-15-27(22)24(29)31-18-20-8-5-4-6-9-20/h4-6,8-9,11-14,22-23,26,28H,7,10,15-18H2,1-3H3. The van der Waals surface area contributed by atoms with E-state index in [1.165, 1.54) is 5.56 Å². The van der Waals surface area contributed by atoms with Gasteiger partial charge in [0.25, 0.3) is 0 Å². The van der Waals surface area contributed by atoms with Crippen LogP contribution in [0.1, 0.15) is 37.8 Å². The summed E-state index contributed by atoms with van der Waals surface area (Å²) >= 11 is 0. The van der Waals surface area contributed by atoms with Crippen molar-refractivity contribution < 1.29 is 19.4 Å². The zero-order valence-electron chi connectivity index (χ0n) is 18.7. The number of aliphatic hydroxyl groups is 1. The van der Waals surface area contributed by atoms with E-state index < -0.39 is 6.10 Å². The van der Waals surface area contributed by atoms with Crippen LogP contribution in [0.5, 0.6) is 5.75 Å². The number of ether oxygens (including phenoxy) is 2. The molecule has 6 heteroatoms. The van der Waals surface area contributed by atoms with Crippen molar-refractivity contribution in [3.63, 3.8) is 0 Å². The Bertz CT molecular complexity index is 823. The predicted octanol–water partition coefficient (Wildman–Crippen LogP) is 3.77. The van der Waals surface area contributed by atoms with Gasteiger partial charge in [0.2, 0.25) is 0 Å². The Labute approximate surface area is 185 Å². The van der Waals surface area contributed by atoms with Gasteiger partial charge in [0.15, 0.2) is 0 Å². The number of amides is 1. The minimum absolute atomic E-state index is 0.202. The van der Waals surface area contributed by atoms with Crippen molar-refractivity contribution in [3.8, 4) is 5.75 Å². The molecular weight excluding hydrogens is 392 g/mol. The molecule has 0 bridgehead atoms. The molecule has 1 heterocycles. The van der Waals surface area contributed by atoms with Crippen LogP contribution in [0.4, 0.5) is 4.79 Å². The SMILES string of the molecule is COc1ccc(CC(C)(C)NCC(O)C2CCCN2C(=O)OCc2ccccc2)cc1. The van der Waals surface area contributed by atoms with Gasteiger partial charge in [-0.05, 0) is 56.4 Å². The first-order valence-electron chi connectivity index (χ1n) is 10.9. The molecular formula is C25H34N2O4. The minimum Gasteiger partial charge on any atom is -0.497 e. The van der Waals surface area contributed by atoms with Crippen LogP contribution in [-0.4, -0.2) is 54.0 Å². The summed E-state index contributed by atoms with van der Waals surface area (Å²) in [6.07, 6.45) is 1.46. The van der Waals surface area contributed by atoms with Crippen LogP contribution >= 0.6 is 0 Å². The molecule has 1 fully saturated rings. The highest BCUT2D eigenvalue weighted by Gasteiger charge is 2.35. The molecule has 168 valence electrons. The maximum atomic E-state index is 12.6. The molecule has 2 atom stereocenters. The van der Waals surface area contributed by atoms with Gasteiger partial charge in [-0.1, -0.05) is 42.5 Å². The summed E-state index contributed by atoms with van der Waals surface area (Å²) in [6.45, 7) is 5.50. The first-order valence-corrected chi connectivity index (χ1v) is 10.9. The third-order valence-electron chi connectivity index (χ3n) is 5.78. The Morgan fingerprint density at radius 3 is 2.55 bits per heavy atom. The lowest BCUT2D eigenvalue weighted by Gasteiger charge is -2.32. The highest BCUT2D eigenvalue weighted by atomic mass is 16.6. The molecule has 2 N–H and O–H groups in total. The van der Waals surface area contributed by atoms with Crippen LogP contribution in [-0.2, 0) is 17.8 Å². The largest absolute Gasteiger partial charge is 0.497 e. The van der Waals surface area contributed by atoms with E-state index in [2.05, 4.69) is 31.3 Å². The number of hydrogen-bond donors (Lipinski definition) is 2. The molecule has 1 saturated heterocycles. The second kappa shape index (κ2) is 10.6. The molecule has 2 aromatic carbocycles. The predicted molar refractivity (Wildman–Crippen MR) is 121 cm³/mol. The lowest BCUT2D eigenvalue weighted by atomic mass is 9.94. The summed E-state index contributed by atoms with van der Waals surface area (Å²) in [7, 11) is 1.66. The molecule has 6 nitrogen and oxygen atoms in total. The Morgan fingerprint density at radius 2 is 1.87 bits per heavy atom. The molecule has 2 aromatic rings. The molecule has 0 saturated carbocycles. The van der Waals surface area contributed by atoms with Crippen LogP contribution in [0.3, 0.4) is 0 Å². The topological polar surface area (TPSA) is 71.0 Å². The van der Waals surface area contributed by atoms with Crippen molar-refractivity contribution in [2.24, 2.45) is 0 Å². The number of aliphatic hydroxyl groups excluding tert-OH is 1. The minimum atomic E-state index is -0.651. The molecule has 3 rings (SSSR count). The van der Waals surface area contributed by atoms with Crippen molar-refractivity contribution >= 4 is 6.09 Å². The van der Waals surface area contributed by atoms with Gasteiger partial charge in [-0.3, -0.25) is 0 Å². The van der Waals surface area contributed by atoms with E-state index in [1.807, 2.05) is 42.5 Å². The Hall–Kier alpha value is -2.57. The van der Waals surface area contributed by atoms with Crippen LogP contribution in [0.15, 0.2) is 54.6 Å². The van der Waals surface area contributed by atoms with E-state index in [0.717, 1.165) is 30.6 Å². The lowest BCUT2D eigenvalue weighted by molar-refractivity contribution is 0.0454. The number of nitrogens with zero attached hydrogens (tertiary/aromatic N) is 1. The molecule has 1 aliphatic heterocycles. The first kappa shape index (κ1) is 23.1. The van der Waals surface area contributed by atoms with Gasteiger partial charge >= 0.3 is 6.09 Å². The van der Waals surface area contributed by atoms with Gasteiger partial charge in [0.05, 0.1) is 19.3 Å². The number of β-amino-alcohol motifs (C(OH)–C–C–N with tert-alkyl or cyclic N) is 1. The van der Waals surface area contributed by atoms with Crippen molar-refractivity contribution in [1.82, 2.24) is 10.2 Å². The summed E-state index contributed by atoms with van der Waals surface area (Å²) in [5.74, 6) is 0.838. The average Bonchev–Trinajstić information content (AvgIpc) is 3.27. The average molecular weight is 427 g/mol. The monoisotopic (exact) mass is 426 g/mol. The second-order valence-electron chi connectivity index (χ2n) is 8.80. The van der Waals surface area contributed by atoms with E-state index in [-0.39, 0.29) is 24.3 Å². The molecule has 1 aliphatic rings. The second-order valence-corrected chi connectivity index (χ2v) is 8.80. The third-order valence-corrected chi connectivity index (χ3v) is 5.78. The molecule has 0 aliphatic carbocycles. The van der Waals surface area contributed by atoms with Crippen molar-refractivity contribution in [3.05, 3.63) is 65.7 Å². The molecule has 0 aromatic heterocycles. The van der Waals surface area contributed by atoms with Crippen LogP contribution < -0.4 is 10.1 Å². The third kappa shape index (κ3) is 6.71. The van der Waals surface area contributed by atoms with Crippen LogP contribution in [0, 0.1) is 0 Å². The van der Waals surface area contributed by atoms with Crippen LogP contribution in [0.25, 0.3) is 0 Å². The number of methoxy groups -OCH3 is 1. The quantitative estimate of drug-likeness (QED) is 0.639. The summed E-state index contributed by atoms with van der Waals surface area (Å²) in [5, 5.41) is 14.3. The zero-order valence-corrected chi connectivity index (χ0v) is 18.7. The fourth-order valence-corrected chi connectivity index (χ4v) is 4.05. The number of rotatable bonds is 9. The van der Waals surface area contributed by atoms with Gasteiger partial charge < -0.3 is 24.8 Å². The zero-order chi connectivity index (χ0) is 22.3. The summed E-state index contributed by atoms with van der Waals surface area (Å²) in [4.78, 5) is 14.3. The van der Waals surface area contributed by atoms with Gasteiger partial charge in [-0.2, -0.15) is 0 Å². The van der Waals surface area contributed by atoms with E-state index in [4.69, 9.17) is 9.47 Å². The molecule has 0 radical (unpaired) electrons. The lowest BCUT2D eigenvalue weighted by Crippen LogP contribution is -2.51. The maximum absolute atomic E-state index is 12.6. The molecule has 1 amide bonds. The highest BCUT2D eigenvalue weighted by Crippen LogP contribution is 2.23. The van der Waals surface area contributed by atoms with E-state index >= 15 is 0 Å². The summed E-state index contributed by atoms with van der Waals surface area (Å²) in [5.41, 5.74) is 1.95. The Balaban J connectivity index is 1.49. The fraction of sp³-hybridized carbons (Fsp3) is 0.480. The number of carbonyl (C=O) groups is 1.